The molecule has 184 valence electrons. The summed E-state index contributed by atoms with van der Waals surface area (Å²) in [6.07, 6.45) is 6.01. The Morgan fingerprint density at radius 2 is 1.74 bits per heavy atom. The minimum atomic E-state index is -0.240. The van der Waals surface area contributed by atoms with Gasteiger partial charge in [0.15, 0.2) is 0 Å². The molecule has 3 aliphatic rings. The summed E-state index contributed by atoms with van der Waals surface area (Å²) in [5.74, 6) is 0.734. The first-order valence-electron chi connectivity index (χ1n) is 12.7. The number of nitrogens with zero attached hydrogens (tertiary/aromatic N) is 4. The molecule has 34 heavy (non-hydrogen) atoms. The summed E-state index contributed by atoms with van der Waals surface area (Å²) in [5, 5.41) is 12.6. The molecule has 2 saturated heterocycles. The predicted molar refractivity (Wildman–Crippen MR) is 129 cm³/mol. The number of ether oxygens (including phenoxy) is 1. The van der Waals surface area contributed by atoms with E-state index < -0.39 is 0 Å². The number of amides is 2. The third-order valence-corrected chi connectivity index (χ3v) is 7.46. The monoisotopic (exact) mass is 467 g/mol. The number of carbonyl (C=O) groups excluding carboxylic acids is 2. The third kappa shape index (κ3) is 6.71. The van der Waals surface area contributed by atoms with Gasteiger partial charge in [-0.25, -0.2) is 4.79 Å². The Labute approximate surface area is 202 Å². The summed E-state index contributed by atoms with van der Waals surface area (Å²) in [6, 6.07) is 12.2. The molecule has 0 bridgehead atoms. The number of benzene rings is 1. The number of nitrogens with one attached hydrogen (secondary N) is 1. The minimum Gasteiger partial charge on any atom is -0.445 e. The van der Waals surface area contributed by atoms with Crippen molar-refractivity contribution in [3.63, 3.8) is 0 Å². The van der Waals surface area contributed by atoms with Gasteiger partial charge in [0, 0.05) is 45.3 Å². The second-order valence-corrected chi connectivity index (χ2v) is 9.80. The van der Waals surface area contributed by atoms with Crippen molar-refractivity contribution in [2.24, 2.45) is 5.92 Å². The molecule has 2 heterocycles. The molecule has 4 rings (SSSR count). The van der Waals surface area contributed by atoms with Crippen molar-refractivity contribution in [1.82, 2.24) is 20.0 Å². The summed E-state index contributed by atoms with van der Waals surface area (Å²) < 4.78 is 5.47. The molecule has 2 aliphatic heterocycles. The van der Waals surface area contributed by atoms with Crippen LogP contribution >= 0.6 is 0 Å². The molecule has 1 aliphatic carbocycles. The quantitative estimate of drug-likeness (QED) is 0.663. The minimum absolute atomic E-state index is 0.0614. The number of piperazine rings is 1. The van der Waals surface area contributed by atoms with Gasteiger partial charge in [-0.15, -0.1) is 0 Å². The molecule has 1 aromatic carbocycles. The molecule has 0 radical (unpaired) electrons. The fraction of sp³-hybridized carbons (Fsp3) is 0.654. The standard InChI is InChI=1S/C26H37N5O3/c27-17-24-7-4-12-31(24)25(32)18-28-23-10-8-21(9-11-23)19-29-13-15-30(16-14-29)26(33)34-20-22-5-2-1-3-6-22/h1-3,5-6,21,23-24,28H,4,7-16,18-20H2/t21-,23-,24-/m0/s1. The van der Waals surface area contributed by atoms with E-state index >= 15 is 0 Å². The van der Waals surface area contributed by atoms with E-state index in [2.05, 4.69) is 16.3 Å². The zero-order valence-corrected chi connectivity index (χ0v) is 20.0. The molecule has 8 heteroatoms. The zero-order valence-electron chi connectivity index (χ0n) is 20.0. The van der Waals surface area contributed by atoms with Crippen LogP contribution in [0.1, 0.15) is 44.1 Å². The van der Waals surface area contributed by atoms with Crippen molar-refractivity contribution in [2.45, 2.75) is 57.2 Å². The van der Waals surface area contributed by atoms with Crippen LogP contribution in [0.2, 0.25) is 0 Å². The maximum atomic E-state index is 12.4. The van der Waals surface area contributed by atoms with Gasteiger partial charge in [0.2, 0.25) is 5.91 Å². The van der Waals surface area contributed by atoms with Crippen LogP contribution in [-0.4, -0.2) is 84.6 Å². The number of carbonyl (C=O) groups is 2. The Kier molecular flexibility index (Phi) is 8.78. The second kappa shape index (κ2) is 12.2. The van der Waals surface area contributed by atoms with Crippen LogP contribution in [0.5, 0.6) is 0 Å². The highest BCUT2D eigenvalue weighted by Gasteiger charge is 2.30. The average molecular weight is 468 g/mol. The number of hydrogen-bond donors (Lipinski definition) is 1. The van der Waals surface area contributed by atoms with Gasteiger partial charge in [-0.05, 0) is 50.0 Å². The van der Waals surface area contributed by atoms with Gasteiger partial charge < -0.3 is 19.9 Å². The highest BCUT2D eigenvalue weighted by molar-refractivity contribution is 5.79. The van der Waals surface area contributed by atoms with Gasteiger partial charge in [0.1, 0.15) is 12.6 Å². The summed E-state index contributed by atoms with van der Waals surface area (Å²) in [4.78, 5) is 30.8. The molecule has 3 fully saturated rings. The summed E-state index contributed by atoms with van der Waals surface area (Å²) in [7, 11) is 0. The van der Waals surface area contributed by atoms with Crippen molar-refractivity contribution in [3.05, 3.63) is 35.9 Å². The SMILES string of the molecule is N#C[C@@H]1CCCN1C(=O)CN[C@H]1CC[C@H](CN2CCN(C(=O)OCc3ccccc3)CC2)CC1. The Hall–Kier alpha value is -2.63. The van der Waals surface area contributed by atoms with Gasteiger partial charge in [-0.1, -0.05) is 30.3 Å². The van der Waals surface area contributed by atoms with Crippen molar-refractivity contribution in [3.8, 4) is 6.07 Å². The average Bonchev–Trinajstić information content (AvgIpc) is 3.37. The van der Waals surface area contributed by atoms with E-state index in [1.165, 1.54) is 0 Å². The van der Waals surface area contributed by atoms with Crippen molar-refractivity contribution in [1.29, 1.82) is 5.26 Å². The number of nitriles is 1. The Balaban J connectivity index is 1.09. The Bertz CT molecular complexity index is 842. The normalized spacial score (nSPS) is 25.7. The lowest BCUT2D eigenvalue weighted by Crippen LogP contribution is -2.50. The summed E-state index contributed by atoms with van der Waals surface area (Å²) in [5.41, 5.74) is 1.01. The second-order valence-electron chi connectivity index (χ2n) is 9.80. The molecule has 0 spiro atoms. The van der Waals surface area contributed by atoms with E-state index in [0.29, 0.717) is 44.7 Å². The van der Waals surface area contributed by atoms with Crippen LogP contribution in [-0.2, 0) is 16.1 Å². The van der Waals surface area contributed by atoms with E-state index in [0.717, 1.165) is 63.7 Å². The fourth-order valence-corrected chi connectivity index (χ4v) is 5.37. The van der Waals surface area contributed by atoms with Crippen LogP contribution in [0.15, 0.2) is 30.3 Å². The maximum absolute atomic E-state index is 12.4. The first kappa shape index (κ1) is 24.5. The van der Waals surface area contributed by atoms with Crippen LogP contribution in [0, 0.1) is 17.2 Å². The van der Waals surface area contributed by atoms with Gasteiger partial charge >= 0.3 is 6.09 Å². The Morgan fingerprint density at radius 3 is 2.44 bits per heavy atom. The third-order valence-electron chi connectivity index (χ3n) is 7.46. The van der Waals surface area contributed by atoms with Gasteiger partial charge in [0.05, 0.1) is 12.6 Å². The van der Waals surface area contributed by atoms with Crippen LogP contribution in [0.4, 0.5) is 4.79 Å². The predicted octanol–water partition coefficient (Wildman–Crippen LogP) is 2.60. The molecular formula is C26H37N5O3. The maximum Gasteiger partial charge on any atom is 0.410 e. The molecule has 0 aromatic heterocycles. The van der Waals surface area contributed by atoms with E-state index in [1.807, 2.05) is 35.2 Å². The summed E-state index contributed by atoms with van der Waals surface area (Å²) in [6.45, 7) is 5.67. The van der Waals surface area contributed by atoms with Crippen molar-refractivity contribution >= 4 is 12.0 Å². The lowest BCUT2D eigenvalue weighted by atomic mass is 9.85. The first-order valence-corrected chi connectivity index (χ1v) is 12.7. The lowest BCUT2D eigenvalue weighted by molar-refractivity contribution is -0.130. The van der Waals surface area contributed by atoms with Crippen molar-refractivity contribution < 1.29 is 14.3 Å². The molecule has 1 atom stereocenters. The van der Waals surface area contributed by atoms with Crippen LogP contribution < -0.4 is 5.32 Å². The first-order chi connectivity index (χ1) is 16.6. The van der Waals surface area contributed by atoms with Crippen LogP contribution in [0.25, 0.3) is 0 Å². The Morgan fingerprint density at radius 1 is 1.00 bits per heavy atom. The molecule has 8 nitrogen and oxygen atoms in total. The van der Waals surface area contributed by atoms with Gasteiger partial charge in [-0.3, -0.25) is 9.69 Å². The number of rotatable bonds is 7. The zero-order chi connectivity index (χ0) is 23.8. The molecular weight excluding hydrogens is 430 g/mol. The van der Waals surface area contributed by atoms with Gasteiger partial charge in [0.25, 0.3) is 0 Å². The lowest BCUT2D eigenvalue weighted by Gasteiger charge is -2.37. The topological polar surface area (TPSA) is 88.9 Å². The number of likely N-dealkylation sites (tertiary alicyclic amines) is 1. The number of hydrogen-bond acceptors (Lipinski definition) is 6. The van der Waals surface area contributed by atoms with E-state index in [-0.39, 0.29) is 18.0 Å². The summed E-state index contributed by atoms with van der Waals surface area (Å²) >= 11 is 0. The molecule has 1 N–H and O–H groups in total. The highest BCUT2D eigenvalue weighted by atomic mass is 16.6. The fourth-order valence-electron chi connectivity index (χ4n) is 5.37. The van der Waals surface area contributed by atoms with Gasteiger partial charge in [-0.2, -0.15) is 5.26 Å². The van der Waals surface area contributed by atoms with Crippen molar-refractivity contribution in [2.75, 3.05) is 45.8 Å². The molecule has 1 saturated carbocycles. The molecule has 2 amide bonds. The van der Waals surface area contributed by atoms with E-state index in [9.17, 15) is 14.9 Å². The molecule has 0 unspecified atom stereocenters. The van der Waals surface area contributed by atoms with E-state index in [1.54, 1.807) is 4.90 Å². The molecule has 1 aromatic rings. The largest absolute Gasteiger partial charge is 0.445 e. The van der Waals surface area contributed by atoms with E-state index in [4.69, 9.17) is 4.74 Å². The van der Waals surface area contributed by atoms with Crippen LogP contribution in [0.3, 0.4) is 0 Å². The highest BCUT2D eigenvalue weighted by Crippen LogP contribution is 2.26. The smallest absolute Gasteiger partial charge is 0.410 e.